The highest BCUT2D eigenvalue weighted by molar-refractivity contribution is 7.89. The second-order valence-corrected chi connectivity index (χ2v) is 9.14. The molecule has 0 bridgehead atoms. The molecule has 3 N–H and O–H groups in total. The third kappa shape index (κ3) is 5.63. The van der Waals surface area contributed by atoms with Crippen molar-refractivity contribution < 1.29 is 18.5 Å². The third-order valence-corrected chi connectivity index (χ3v) is 6.17. The maximum absolute atomic E-state index is 12.4. The molecule has 0 unspecified atom stereocenters. The fourth-order valence-electron chi connectivity index (χ4n) is 2.86. The molecule has 6 nitrogen and oxygen atoms in total. The third-order valence-electron chi connectivity index (χ3n) is 4.36. The summed E-state index contributed by atoms with van der Waals surface area (Å²) in [5, 5.41) is 4.80. The maximum atomic E-state index is 12.4. The molecule has 1 atom stereocenters. The molecule has 2 aromatic carbocycles. The Morgan fingerprint density at radius 2 is 1.74 bits per heavy atom. The average Bonchev–Trinajstić information content (AvgIpc) is 2.62. The number of anilines is 1. The highest BCUT2D eigenvalue weighted by atomic mass is 32.2. The van der Waals surface area contributed by atoms with Gasteiger partial charge in [0.25, 0.3) is 5.91 Å². The lowest BCUT2D eigenvalue weighted by atomic mass is 9.96. The minimum Gasteiger partial charge on any atom is -0.332 e. The second-order valence-electron chi connectivity index (χ2n) is 6.98. The molecule has 0 aromatic heterocycles. The van der Waals surface area contributed by atoms with Gasteiger partial charge in [0.05, 0.1) is 4.90 Å². The smallest absolute Gasteiger partial charge is 0.279 e. The van der Waals surface area contributed by atoms with E-state index in [1.165, 1.54) is 31.8 Å². The zero-order valence-electron chi connectivity index (χ0n) is 16.2. The zero-order chi connectivity index (χ0) is 20.0. The molecule has 0 aliphatic carbocycles. The number of benzene rings is 2. The highest BCUT2D eigenvalue weighted by Crippen LogP contribution is 2.18. The monoisotopic (exact) mass is 390 g/mol. The van der Waals surface area contributed by atoms with Crippen LogP contribution in [0.5, 0.6) is 0 Å². The van der Waals surface area contributed by atoms with Gasteiger partial charge in [-0.3, -0.25) is 4.79 Å². The lowest BCUT2D eigenvalue weighted by Crippen LogP contribution is -2.88. The number of quaternary nitrogens is 1. The van der Waals surface area contributed by atoms with Crippen molar-refractivity contribution in [1.29, 1.82) is 0 Å². The van der Waals surface area contributed by atoms with E-state index in [0.717, 1.165) is 4.31 Å². The Balaban J connectivity index is 2.03. The molecule has 0 fully saturated rings. The molecule has 0 spiro atoms. The van der Waals surface area contributed by atoms with Gasteiger partial charge in [0.2, 0.25) is 10.0 Å². The maximum Gasteiger partial charge on any atom is 0.279 e. The average molecular weight is 391 g/mol. The number of carbonyl (C=O) groups is 1. The number of rotatable bonds is 8. The standard InChI is InChI=1S/C20H27N3O3S/c1-15(2)20(16-9-6-5-7-10-16)21-14-19(24)22-17-11-8-12-18(13-17)27(25,26)23(3)4/h5-13,15,20-21H,14H2,1-4H3,(H,22,24)/p+1/t20-/m0/s1. The van der Waals surface area contributed by atoms with Crippen molar-refractivity contribution >= 4 is 21.6 Å². The van der Waals surface area contributed by atoms with Crippen LogP contribution in [0.25, 0.3) is 0 Å². The van der Waals surface area contributed by atoms with Gasteiger partial charge in [0, 0.05) is 31.3 Å². The van der Waals surface area contributed by atoms with E-state index in [-0.39, 0.29) is 23.4 Å². The topological polar surface area (TPSA) is 83.1 Å². The first-order chi connectivity index (χ1) is 12.7. The number of sulfonamides is 1. The predicted octanol–water partition coefficient (Wildman–Crippen LogP) is 1.84. The summed E-state index contributed by atoms with van der Waals surface area (Å²) >= 11 is 0. The SMILES string of the molecule is CC(C)[C@H]([NH2+]CC(=O)Nc1cccc(S(=O)(=O)N(C)C)c1)c1ccccc1. The normalized spacial score (nSPS) is 13.0. The fourth-order valence-corrected chi connectivity index (χ4v) is 3.81. The molecule has 2 aromatic rings. The molecule has 0 aliphatic heterocycles. The Kier molecular flexibility index (Phi) is 7.12. The fraction of sp³-hybridized carbons (Fsp3) is 0.350. The Morgan fingerprint density at radius 1 is 1.07 bits per heavy atom. The van der Waals surface area contributed by atoms with Crippen LogP contribution in [0.1, 0.15) is 25.5 Å². The quantitative estimate of drug-likeness (QED) is 0.721. The Labute approximate surface area is 161 Å². The summed E-state index contributed by atoms with van der Waals surface area (Å²) in [5.74, 6) is 0.199. The summed E-state index contributed by atoms with van der Waals surface area (Å²) in [6, 6.07) is 16.6. The van der Waals surface area contributed by atoms with Gasteiger partial charge in [-0.2, -0.15) is 0 Å². The second kappa shape index (κ2) is 9.12. The lowest BCUT2D eigenvalue weighted by Gasteiger charge is -2.19. The van der Waals surface area contributed by atoms with Crippen molar-refractivity contribution in [3.63, 3.8) is 0 Å². The minimum absolute atomic E-state index is 0.152. The van der Waals surface area contributed by atoms with Gasteiger partial charge in [-0.25, -0.2) is 12.7 Å². The van der Waals surface area contributed by atoms with Crippen LogP contribution in [0, 0.1) is 5.92 Å². The van der Waals surface area contributed by atoms with E-state index in [1.54, 1.807) is 12.1 Å². The van der Waals surface area contributed by atoms with Crippen molar-refractivity contribution in [3.05, 3.63) is 60.2 Å². The Hall–Kier alpha value is -2.22. The summed E-state index contributed by atoms with van der Waals surface area (Å²) in [7, 11) is -0.579. The zero-order valence-corrected chi connectivity index (χ0v) is 17.0. The minimum atomic E-state index is -3.53. The summed E-state index contributed by atoms with van der Waals surface area (Å²) in [5.41, 5.74) is 1.65. The molecule has 146 valence electrons. The number of hydrogen-bond acceptors (Lipinski definition) is 3. The molecule has 0 saturated carbocycles. The molecule has 27 heavy (non-hydrogen) atoms. The number of nitrogens with zero attached hydrogens (tertiary/aromatic N) is 1. The number of amides is 1. The van der Waals surface area contributed by atoms with Crippen molar-refractivity contribution in [1.82, 2.24) is 4.31 Å². The van der Waals surface area contributed by atoms with Crippen molar-refractivity contribution in [3.8, 4) is 0 Å². The van der Waals surface area contributed by atoms with E-state index in [9.17, 15) is 13.2 Å². The molecule has 7 heteroatoms. The summed E-state index contributed by atoms with van der Waals surface area (Å²) in [4.78, 5) is 12.5. The molecule has 0 radical (unpaired) electrons. The van der Waals surface area contributed by atoms with Crippen molar-refractivity contribution in [2.45, 2.75) is 24.8 Å². The van der Waals surface area contributed by atoms with Crippen LogP contribution >= 0.6 is 0 Å². The van der Waals surface area contributed by atoms with Crippen molar-refractivity contribution in [2.75, 3.05) is 26.0 Å². The first-order valence-electron chi connectivity index (χ1n) is 8.92. The van der Waals surface area contributed by atoms with Crippen LogP contribution in [-0.2, 0) is 14.8 Å². The van der Waals surface area contributed by atoms with Crippen molar-refractivity contribution in [2.24, 2.45) is 5.92 Å². The van der Waals surface area contributed by atoms with E-state index in [2.05, 4.69) is 31.3 Å². The van der Waals surface area contributed by atoms with Crippen LogP contribution in [0.2, 0.25) is 0 Å². The Morgan fingerprint density at radius 3 is 2.33 bits per heavy atom. The predicted molar refractivity (Wildman–Crippen MR) is 107 cm³/mol. The number of carbonyl (C=O) groups excluding carboxylic acids is 1. The Bertz CT molecular complexity index is 865. The van der Waals surface area contributed by atoms with Gasteiger partial charge in [-0.15, -0.1) is 0 Å². The first kappa shape index (κ1) is 21.1. The number of nitrogens with two attached hydrogens (primary N) is 1. The molecule has 0 aliphatic rings. The van der Waals surface area contributed by atoms with Crippen LogP contribution in [-0.4, -0.2) is 39.3 Å². The van der Waals surface area contributed by atoms with E-state index < -0.39 is 10.0 Å². The largest absolute Gasteiger partial charge is 0.332 e. The van der Waals surface area contributed by atoms with Gasteiger partial charge >= 0.3 is 0 Å². The molecule has 0 saturated heterocycles. The summed E-state index contributed by atoms with van der Waals surface area (Å²) in [6.07, 6.45) is 0. The molecule has 1 amide bonds. The van der Waals surface area contributed by atoms with Crippen LogP contribution in [0.3, 0.4) is 0 Å². The van der Waals surface area contributed by atoms with E-state index in [1.807, 2.05) is 23.5 Å². The molecule has 2 rings (SSSR count). The molecular weight excluding hydrogens is 362 g/mol. The van der Waals surface area contributed by atoms with Crippen LogP contribution in [0.4, 0.5) is 5.69 Å². The van der Waals surface area contributed by atoms with Crippen LogP contribution in [0.15, 0.2) is 59.5 Å². The van der Waals surface area contributed by atoms with E-state index >= 15 is 0 Å². The first-order valence-corrected chi connectivity index (χ1v) is 10.4. The lowest BCUT2D eigenvalue weighted by molar-refractivity contribution is -0.692. The van der Waals surface area contributed by atoms with E-state index in [4.69, 9.17) is 0 Å². The summed E-state index contributed by atoms with van der Waals surface area (Å²) < 4.78 is 25.6. The number of hydrogen-bond donors (Lipinski definition) is 2. The van der Waals surface area contributed by atoms with Gasteiger partial charge in [-0.1, -0.05) is 50.2 Å². The summed E-state index contributed by atoms with van der Waals surface area (Å²) in [6.45, 7) is 4.51. The van der Waals surface area contributed by atoms with Crippen LogP contribution < -0.4 is 10.6 Å². The van der Waals surface area contributed by atoms with Gasteiger partial charge in [0.15, 0.2) is 6.54 Å². The highest BCUT2D eigenvalue weighted by Gasteiger charge is 2.21. The molecular formula is C20H28N3O3S+. The van der Waals surface area contributed by atoms with E-state index in [0.29, 0.717) is 11.6 Å². The van der Waals surface area contributed by atoms with Gasteiger partial charge in [0.1, 0.15) is 6.04 Å². The number of nitrogens with one attached hydrogen (secondary N) is 1. The van der Waals surface area contributed by atoms with Gasteiger partial charge < -0.3 is 10.6 Å². The van der Waals surface area contributed by atoms with Gasteiger partial charge in [-0.05, 0) is 18.2 Å². The molecule has 0 heterocycles.